The number of carbonyl (C=O) groups is 2. The molecule has 1 amide bonds. The van der Waals surface area contributed by atoms with E-state index in [2.05, 4.69) is 10.6 Å². The summed E-state index contributed by atoms with van der Waals surface area (Å²) in [6, 6.07) is 17.9. The number of nitrogens with one attached hydrogen (secondary N) is 2. The Morgan fingerprint density at radius 1 is 0.960 bits per heavy atom. The van der Waals surface area contributed by atoms with Crippen LogP contribution in [0, 0.1) is 0 Å². The van der Waals surface area contributed by atoms with Crippen molar-refractivity contribution in [2.45, 2.75) is 32.0 Å². The molecule has 2 N–H and O–H groups in total. The maximum Gasteiger partial charge on any atom is 0.329 e. The highest BCUT2D eigenvalue weighted by Gasteiger charge is 2.24. The molecule has 0 spiro atoms. The molecule has 0 aliphatic rings. The quantitative estimate of drug-likeness (QED) is 0.722. The fraction of sp³-hybridized carbons (Fsp3) is 0.300. The van der Waals surface area contributed by atoms with Crippen LogP contribution in [-0.4, -0.2) is 31.0 Å². The fourth-order valence-electron chi connectivity index (χ4n) is 2.30. The largest absolute Gasteiger partial charge is 0.459 e. The lowest BCUT2D eigenvalue weighted by atomic mass is 10.1. The molecule has 0 heterocycles. The first kappa shape index (κ1) is 18.7. The van der Waals surface area contributed by atoms with Gasteiger partial charge in [0.05, 0.1) is 6.04 Å². The second-order valence-electron chi connectivity index (χ2n) is 5.85. The molecule has 132 valence electrons. The van der Waals surface area contributed by atoms with Crippen LogP contribution in [0.3, 0.4) is 0 Å². The molecule has 0 fully saturated rings. The van der Waals surface area contributed by atoms with Gasteiger partial charge in [-0.3, -0.25) is 4.79 Å². The van der Waals surface area contributed by atoms with E-state index in [9.17, 15) is 9.59 Å². The van der Waals surface area contributed by atoms with Crippen molar-refractivity contribution in [2.75, 3.05) is 7.05 Å². The van der Waals surface area contributed by atoms with Crippen LogP contribution in [-0.2, 0) is 27.4 Å². The van der Waals surface area contributed by atoms with Gasteiger partial charge in [-0.2, -0.15) is 0 Å². The molecule has 5 nitrogen and oxygen atoms in total. The Labute approximate surface area is 148 Å². The molecule has 25 heavy (non-hydrogen) atoms. The number of esters is 1. The summed E-state index contributed by atoms with van der Waals surface area (Å²) in [5.41, 5.74) is 1.87. The first-order chi connectivity index (χ1) is 12.1. The molecule has 0 saturated heterocycles. The predicted molar refractivity (Wildman–Crippen MR) is 96.8 cm³/mol. The molecule has 2 rings (SSSR count). The van der Waals surface area contributed by atoms with Crippen LogP contribution in [0.1, 0.15) is 18.1 Å². The minimum Gasteiger partial charge on any atom is -0.459 e. The molecule has 2 aromatic rings. The monoisotopic (exact) mass is 340 g/mol. The maximum atomic E-state index is 12.5. The van der Waals surface area contributed by atoms with E-state index < -0.39 is 12.0 Å². The minimum atomic E-state index is -0.727. The van der Waals surface area contributed by atoms with E-state index >= 15 is 0 Å². The second kappa shape index (κ2) is 9.59. The van der Waals surface area contributed by atoms with E-state index in [1.165, 1.54) is 0 Å². The van der Waals surface area contributed by atoms with Crippen LogP contribution in [0.4, 0.5) is 0 Å². The third-order valence-corrected chi connectivity index (χ3v) is 3.93. The van der Waals surface area contributed by atoms with Gasteiger partial charge in [-0.05, 0) is 25.1 Å². The van der Waals surface area contributed by atoms with Gasteiger partial charge in [-0.1, -0.05) is 60.7 Å². The summed E-state index contributed by atoms with van der Waals surface area (Å²) in [6.07, 6.45) is 0.386. The number of rotatable bonds is 8. The van der Waals surface area contributed by atoms with Crippen molar-refractivity contribution in [1.29, 1.82) is 0 Å². The van der Waals surface area contributed by atoms with Gasteiger partial charge >= 0.3 is 5.97 Å². The predicted octanol–water partition coefficient (Wildman–Crippen LogP) is 2.07. The van der Waals surface area contributed by atoms with E-state index in [4.69, 9.17) is 4.74 Å². The van der Waals surface area contributed by atoms with Crippen LogP contribution in [0.2, 0.25) is 0 Å². The maximum absolute atomic E-state index is 12.5. The second-order valence-corrected chi connectivity index (χ2v) is 5.85. The number of likely N-dealkylation sites (N-methyl/N-ethyl adjacent to an activating group) is 1. The summed E-state index contributed by atoms with van der Waals surface area (Å²) in [6.45, 7) is 1.92. The third kappa shape index (κ3) is 6.04. The zero-order chi connectivity index (χ0) is 18.1. The Hall–Kier alpha value is -2.66. The van der Waals surface area contributed by atoms with Crippen molar-refractivity contribution in [2.24, 2.45) is 0 Å². The first-order valence-corrected chi connectivity index (χ1v) is 8.32. The van der Waals surface area contributed by atoms with Crippen molar-refractivity contribution in [3.8, 4) is 0 Å². The minimum absolute atomic E-state index is 0.183. The number of ether oxygens (including phenoxy) is 1. The molecule has 2 atom stereocenters. The number of carbonyl (C=O) groups excluding carboxylic acids is 2. The molecular weight excluding hydrogens is 316 g/mol. The lowest BCUT2D eigenvalue weighted by Crippen LogP contribution is -2.49. The van der Waals surface area contributed by atoms with Gasteiger partial charge in [0, 0.05) is 6.42 Å². The van der Waals surface area contributed by atoms with Gasteiger partial charge in [0.25, 0.3) is 0 Å². The first-order valence-electron chi connectivity index (χ1n) is 8.32. The lowest BCUT2D eigenvalue weighted by molar-refractivity contribution is -0.149. The van der Waals surface area contributed by atoms with Crippen molar-refractivity contribution < 1.29 is 14.3 Å². The third-order valence-electron chi connectivity index (χ3n) is 3.93. The summed E-state index contributed by atoms with van der Waals surface area (Å²) in [4.78, 5) is 24.7. The molecule has 0 unspecified atom stereocenters. The average Bonchev–Trinajstić information content (AvgIpc) is 2.66. The number of amides is 1. The molecule has 0 bridgehead atoms. The summed E-state index contributed by atoms with van der Waals surface area (Å²) < 4.78 is 5.40. The molecule has 0 radical (unpaired) electrons. The lowest BCUT2D eigenvalue weighted by Gasteiger charge is -2.20. The van der Waals surface area contributed by atoms with E-state index in [1.54, 1.807) is 14.0 Å². The fourth-order valence-corrected chi connectivity index (χ4v) is 2.30. The van der Waals surface area contributed by atoms with Gasteiger partial charge < -0.3 is 15.4 Å². The van der Waals surface area contributed by atoms with Gasteiger partial charge in [-0.15, -0.1) is 0 Å². The number of hydrogen-bond acceptors (Lipinski definition) is 4. The van der Waals surface area contributed by atoms with Crippen LogP contribution in [0.5, 0.6) is 0 Å². The van der Waals surface area contributed by atoms with Gasteiger partial charge in [-0.25, -0.2) is 4.79 Å². The zero-order valence-corrected chi connectivity index (χ0v) is 14.6. The van der Waals surface area contributed by atoms with E-state index in [1.807, 2.05) is 60.7 Å². The van der Waals surface area contributed by atoms with Crippen molar-refractivity contribution in [1.82, 2.24) is 10.6 Å². The number of benzene rings is 2. The van der Waals surface area contributed by atoms with E-state index in [0.717, 1.165) is 11.1 Å². The Bertz CT molecular complexity index is 674. The van der Waals surface area contributed by atoms with Gasteiger partial charge in [0.15, 0.2) is 0 Å². The highest BCUT2D eigenvalue weighted by atomic mass is 16.5. The number of hydrogen-bond donors (Lipinski definition) is 2. The van der Waals surface area contributed by atoms with Crippen molar-refractivity contribution in [3.63, 3.8) is 0 Å². The Kier molecular flexibility index (Phi) is 7.16. The van der Waals surface area contributed by atoms with Crippen LogP contribution in [0.25, 0.3) is 0 Å². The Morgan fingerprint density at radius 2 is 1.52 bits per heavy atom. The van der Waals surface area contributed by atoms with Crippen LogP contribution in [0.15, 0.2) is 60.7 Å². The summed E-state index contributed by atoms with van der Waals surface area (Å²) in [5.74, 6) is -0.676. The van der Waals surface area contributed by atoms with E-state index in [0.29, 0.717) is 6.42 Å². The van der Waals surface area contributed by atoms with Crippen molar-refractivity contribution in [3.05, 3.63) is 71.8 Å². The summed E-state index contributed by atoms with van der Waals surface area (Å²) in [7, 11) is 1.70. The highest BCUT2D eigenvalue weighted by Crippen LogP contribution is 2.07. The summed E-state index contributed by atoms with van der Waals surface area (Å²) in [5, 5.41) is 5.64. The highest BCUT2D eigenvalue weighted by molar-refractivity contribution is 5.87. The van der Waals surface area contributed by atoms with Gasteiger partial charge in [0.1, 0.15) is 12.6 Å². The topological polar surface area (TPSA) is 67.4 Å². The summed E-state index contributed by atoms with van der Waals surface area (Å²) >= 11 is 0. The standard InChI is InChI=1S/C20H24N2O3/c1-15(21-2)19(23)22-18(13-16-9-5-3-6-10-16)20(24)25-14-17-11-7-4-8-12-17/h3-12,15,18,21H,13-14H2,1-2H3,(H,22,23)/t15-,18-/m1/s1. The molecular formula is C20H24N2O3. The van der Waals surface area contributed by atoms with Crippen LogP contribution >= 0.6 is 0 Å². The molecule has 0 aromatic heterocycles. The normalized spacial score (nSPS) is 12.9. The van der Waals surface area contributed by atoms with Crippen LogP contribution < -0.4 is 10.6 Å². The molecule has 2 aromatic carbocycles. The SMILES string of the molecule is CN[C@H](C)C(=O)N[C@H](Cc1ccccc1)C(=O)OCc1ccccc1. The Morgan fingerprint density at radius 3 is 2.08 bits per heavy atom. The molecule has 0 aliphatic carbocycles. The molecule has 0 aliphatic heterocycles. The van der Waals surface area contributed by atoms with Crippen molar-refractivity contribution >= 4 is 11.9 Å². The zero-order valence-electron chi connectivity index (χ0n) is 14.6. The molecule has 5 heteroatoms. The Balaban J connectivity index is 2.03. The van der Waals surface area contributed by atoms with E-state index in [-0.39, 0.29) is 18.6 Å². The average molecular weight is 340 g/mol. The smallest absolute Gasteiger partial charge is 0.329 e. The van der Waals surface area contributed by atoms with Gasteiger partial charge in [0.2, 0.25) is 5.91 Å². The molecule has 0 saturated carbocycles.